The Kier molecular flexibility index (Phi) is 9.48. The Balaban J connectivity index is 1.43. The van der Waals surface area contributed by atoms with Crippen LogP contribution in [0.1, 0.15) is 118 Å². The summed E-state index contributed by atoms with van der Waals surface area (Å²) in [6.07, 6.45) is 5.45. The van der Waals surface area contributed by atoms with Gasteiger partial charge in [0, 0.05) is 36.8 Å². The Bertz CT molecular complexity index is 1800. The van der Waals surface area contributed by atoms with Gasteiger partial charge in [0.25, 0.3) is 5.88 Å². The molecule has 3 heterocycles. The fourth-order valence-corrected chi connectivity index (χ4v) is 10.8. The van der Waals surface area contributed by atoms with Crippen molar-refractivity contribution in [2.75, 3.05) is 45.3 Å². The van der Waals surface area contributed by atoms with E-state index in [0.717, 1.165) is 56.4 Å². The molecular weight excluding hydrogens is 677 g/mol. The molecule has 5 aliphatic rings. The molecule has 1 aromatic heterocycles. The molecule has 11 nitrogen and oxygen atoms in total. The molecule has 2 fully saturated rings. The number of ketones is 2. The summed E-state index contributed by atoms with van der Waals surface area (Å²) in [5.74, 6) is -0.951. The molecule has 1 aromatic carbocycles. The zero-order chi connectivity index (χ0) is 37.5. The molecule has 7 rings (SSSR count). The molecule has 2 aliphatic heterocycles. The van der Waals surface area contributed by atoms with E-state index in [2.05, 4.69) is 62.8 Å². The molecule has 3 N–H and O–H groups in total. The van der Waals surface area contributed by atoms with Crippen LogP contribution in [-0.2, 0) is 15.6 Å². The van der Waals surface area contributed by atoms with Crippen molar-refractivity contribution < 1.29 is 33.1 Å². The fourth-order valence-electron chi connectivity index (χ4n) is 9.36. The molecule has 2 unspecified atom stereocenters. The van der Waals surface area contributed by atoms with Gasteiger partial charge < -0.3 is 34.2 Å². The number of ether oxygens (including phenoxy) is 2. The number of anilines is 1. The van der Waals surface area contributed by atoms with Gasteiger partial charge in [-0.25, -0.2) is 0 Å². The van der Waals surface area contributed by atoms with E-state index < -0.39 is 43.4 Å². The number of nitrogens with zero attached hydrogens (tertiary/aromatic N) is 3. The minimum absolute atomic E-state index is 0.0409. The topological polar surface area (TPSA) is 141 Å². The van der Waals surface area contributed by atoms with Gasteiger partial charge in [0.05, 0.1) is 24.8 Å². The van der Waals surface area contributed by atoms with Crippen LogP contribution >= 0.6 is 0 Å². The van der Waals surface area contributed by atoms with Crippen LogP contribution in [0.2, 0.25) is 18.1 Å². The van der Waals surface area contributed by atoms with Gasteiger partial charge >= 0.3 is 0 Å². The molecule has 3 aliphatic carbocycles. The normalized spacial score (nSPS) is 28.6. The van der Waals surface area contributed by atoms with Crippen molar-refractivity contribution >= 4 is 31.3 Å². The van der Waals surface area contributed by atoms with E-state index in [-0.39, 0.29) is 39.6 Å². The zero-order valence-corrected chi connectivity index (χ0v) is 33.6. The first-order chi connectivity index (χ1) is 24.6. The lowest BCUT2D eigenvalue weighted by Crippen LogP contribution is -2.68. The highest BCUT2D eigenvalue weighted by molar-refractivity contribution is 6.74. The number of aliphatic hydroxyl groups excluding tert-OH is 1. The number of aromatic nitrogens is 1. The Hall–Kier alpha value is -3.19. The number of aliphatic hydroxyl groups is 1. The molecule has 1 saturated heterocycles. The van der Waals surface area contributed by atoms with E-state index in [1.54, 1.807) is 0 Å². The van der Waals surface area contributed by atoms with Crippen LogP contribution in [0.25, 0.3) is 5.76 Å². The molecule has 2 aromatic rings. The van der Waals surface area contributed by atoms with Gasteiger partial charge in [0.15, 0.2) is 19.7 Å². The van der Waals surface area contributed by atoms with Crippen molar-refractivity contribution in [3.8, 4) is 11.6 Å². The highest BCUT2D eigenvalue weighted by Gasteiger charge is 2.68. The lowest BCUT2D eigenvalue weighted by molar-refractivity contribution is -0.138. The zero-order valence-electron chi connectivity index (χ0n) is 32.6. The van der Waals surface area contributed by atoms with Gasteiger partial charge in [-0.3, -0.25) is 14.5 Å². The summed E-state index contributed by atoms with van der Waals surface area (Å²) in [4.78, 5) is 35.5. The van der Waals surface area contributed by atoms with Crippen LogP contribution in [0.3, 0.4) is 0 Å². The standard InChI is InChI=1S/C40H58N4O7Si/c1-10-12-16-48-27-20-25-32-22(14-15-43(32)6)21-44(7)33(25)24-18-23-19-26-31(41)35-30(38(42-50-35)49-17-13-11-2)37(47)40(26,51-52(8,9)39(3,4)5)36(46)28(23)34(45)29(24)27/h20,22-23,26,31-32,45H,10-19,21,41H2,1-9H3/t22?,23-,26-,31-,32?,40-/m0/s1. The minimum Gasteiger partial charge on any atom is -0.507 e. The van der Waals surface area contributed by atoms with Crippen molar-refractivity contribution in [2.45, 2.75) is 115 Å². The number of nitrogens with two attached hydrogens (primary N) is 1. The number of benzene rings is 1. The predicted octanol–water partition coefficient (Wildman–Crippen LogP) is 7.16. The van der Waals surface area contributed by atoms with Crippen molar-refractivity contribution in [3.63, 3.8) is 0 Å². The van der Waals surface area contributed by atoms with Crippen LogP contribution in [0.15, 0.2) is 16.2 Å². The lowest BCUT2D eigenvalue weighted by Gasteiger charge is -2.54. The second-order valence-corrected chi connectivity index (χ2v) is 22.2. The maximum Gasteiger partial charge on any atom is 0.265 e. The van der Waals surface area contributed by atoms with Crippen molar-refractivity contribution in [3.05, 3.63) is 39.7 Å². The highest BCUT2D eigenvalue weighted by atomic mass is 28.4. The first-order valence-electron chi connectivity index (χ1n) is 19.4. The molecule has 0 amide bonds. The van der Waals surface area contributed by atoms with Crippen LogP contribution in [0.5, 0.6) is 11.6 Å². The minimum atomic E-state index is -2.83. The SMILES string of the molecule is CCCCOc1cc2c(c3c1C(O)=C1C(=O)[C@]4(O[Si](C)(C)C(C)(C)C)C(=O)c5c(OCCCC)noc5[C@@H](N)[C@@H]4C[C@@H]1C3)N(C)CC1CCN(C)C21. The first kappa shape index (κ1) is 37.1. The van der Waals surface area contributed by atoms with Gasteiger partial charge in [-0.15, -0.1) is 0 Å². The first-order valence-corrected chi connectivity index (χ1v) is 22.3. The van der Waals surface area contributed by atoms with E-state index in [9.17, 15) is 5.11 Å². The average molecular weight is 735 g/mol. The van der Waals surface area contributed by atoms with Crippen LogP contribution in [0.4, 0.5) is 5.69 Å². The number of rotatable bonds is 10. The number of Topliss-reactive ketones (excluding diaryl/α,β-unsaturated/α-hetero) is 2. The molecule has 0 spiro atoms. The summed E-state index contributed by atoms with van der Waals surface area (Å²) in [5, 5.41) is 16.4. The smallest absolute Gasteiger partial charge is 0.265 e. The summed E-state index contributed by atoms with van der Waals surface area (Å²) in [5.41, 5.74) is 9.29. The molecule has 12 heteroatoms. The summed E-state index contributed by atoms with van der Waals surface area (Å²) in [6, 6.07) is 1.51. The Morgan fingerprint density at radius 1 is 1.08 bits per heavy atom. The summed E-state index contributed by atoms with van der Waals surface area (Å²) >= 11 is 0. The number of carbonyl (C=O) groups excluding carboxylic acids is 2. The molecule has 6 atom stereocenters. The third-order valence-corrected chi connectivity index (χ3v) is 17.5. The summed E-state index contributed by atoms with van der Waals surface area (Å²) < 4.78 is 25.4. The van der Waals surface area contributed by atoms with E-state index >= 15 is 9.59 Å². The lowest BCUT2D eigenvalue weighted by atomic mass is 9.57. The van der Waals surface area contributed by atoms with Crippen LogP contribution in [-0.4, -0.2) is 81.0 Å². The Morgan fingerprint density at radius 3 is 2.44 bits per heavy atom. The molecule has 0 bridgehead atoms. The number of carbonyl (C=O) groups is 2. The van der Waals surface area contributed by atoms with E-state index in [0.29, 0.717) is 43.3 Å². The molecule has 284 valence electrons. The quantitative estimate of drug-likeness (QED) is 0.146. The second kappa shape index (κ2) is 13.3. The number of hydrogen-bond acceptors (Lipinski definition) is 11. The number of hydrogen-bond donors (Lipinski definition) is 2. The van der Waals surface area contributed by atoms with Crippen LogP contribution in [0, 0.1) is 17.8 Å². The van der Waals surface area contributed by atoms with Gasteiger partial charge in [-0.1, -0.05) is 47.5 Å². The second-order valence-electron chi connectivity index (χ2n) is 17.4. The van der Waals surface area contributed by atoms with Gasteiger partial charge in [-0.05, 0) is 98.0 Å². The number of fused-ring (bicyclic) bond motifs is 8. The van der Waals surface area contributed by atoms with E-state index in [1.807, 2.05) is 20.0 Å². The number of unbranched alkanes of at least 4 members (excludes halogenated alkanes) is 2. The Morgan fingerprint density at radius 2 is 1.77 bits per heavy atom. The maximum atomic E-state index is 15.6. The van der Waals surface area contributed by atoms with Crippen molar-refractivity contribution in [1.82, 2.24) is 10.1 Å². The molecule has 1 saturated carbocycles. The van der Waals surface area contributed by atoms with Crippen molar-refractivity contribution in [1.29, 1.82) is 0 Å². The monoisotopic (exact) mass is 734 g/mol. The molecule has 0 radical (unpaired) electrons. The third kappa shape index (κ3) is 5.49. The Labute approximate surface area is 309 Å². The largest absolute Gasteiger partial charge is 0.507 e. The summed E-state index contributed by atoms with van der Waals surface area (Å²) in [6.45, 7) is 17.3. The average Bonchev–Trinajstić information content (AvgIpc) is 3.67. The van der Waals surface area contributed by atoms with E-state index in [1.165, 1.54) is 5.56 Å². The maximum absolute atomic E-state index is 15.6. The summed E-state index contributed by atoms with van der Waals surface area (Å²) in [7, 11) is 1.49. The van der Waals surface area contributed by atoms with Gasteiger partial charge in [0.1, 0.15) is 17.1 Å². The van der Waals surface area contributed by atoms with Crippen molar-refractivity contribution in [2.24, 2.45) is 23.5 Å². The van der Waals surface area contributed by atoms with Gasteiger partial charge in [-0.2, -0.15) is 0 Å². The van der Waals surface area contributed by atoms with Gasteiger partial charge in [0.2, 0.25) is 11.6 Å². The predicted molar refractivity (Wildman–Crippen MR) is 203 cm³/mol. The van der Waals surface area contributed by atoms with E-state index in [4.69, 9.17) is 24.2 Å². The molecular formula is C40H58N4O7Si. The van der Waals surface area contributed by atoms with Crippen LogP contribution < -0.4 is 20.1 Å². The molecule has 52 heavy (non-hydrogen) atoms. The highest BCUT2D eigenvalue weighted by Crippen LogP contribution is 2.59. The third-order valence-electron chi connectivity index (χ3n) is 13.1. The fraction of sp³-hybridized carbons (Fsp3) is 0.675. The number of likely N-dealkylation sites (tertiary alicyclic amines) is 1.